The number of anilines is 1. The van der Waals surface area contributed by atoms with Crippen molar-refractivity contribution in [1.82, 2.24) is 0 Å². The fraction of sp³-hybridized carbons (Fsp3) is 0.133. The van der Waals surface area contributed by atoms with E-state index in [1.807, 2.05) is 25.1 Å². The van der Waals surface area contributed by atoms with Gasteiger partial charge in [-0.3, -0.25) is 0 Å². The second-order valence-corrected chi connectivity index (χ2v) is 5.09. The van der Waals surface area contributed by atoms with Gasteiger partial charge >= 0.3 is 0 Å². The molecular formula is C15H12BrFN2. The summed E-state index contributed by atoms with van der Waals surface area (Å²) in [4.78, 5) is 0. The topological polar surface area (TPSA) is 35.8 Å². The first kappa shape index (κ1) is 13.6. The molecule has 96 valence electrons. The van der Waals surface area contributed by atoms with Crippen LogP contribution in [0.2, 0.25) is 0 Å². The summed E-state index contributed by atoms with van der Waals surface area (Å²) < 4.78 is 13.6. The zero-order chi connectivity index (χ0) is 13.8. The summed E-state index contributed by atoms with van der Waals surface area (Å²) in [5.41, 5.74) is 2.47. The Morgan fingerprint density at radius 2 is 2.05 bits per heavy atom. The molecular weight excluding hydrogens is 307 g/mol. The van der Waals surface area contributed by atoms with Gasteiger partial charge in [-0.25, -0.2) is 4.39 Å². The van der Waals surface area contributed by atoms with Gasteiger partial charge in [0.2, 0.25) is 0 Å². The number of nitrogens with one attached hydrogen (secondary N) is 1. The van der Waals surface area contributed by atoms with Gasteiger partial charge in [0.15, 0.2) is 0 Å². The van der Waals surface area contributed by atoms with Crippen LogP contribution < -0.4 is 5.32 Å². The second kappa shape index (κ2) is 5.85. The summed E-state index contributed by atoms with van der Waals surface area (Å²) in [6, 6.07) is 14.4. The molecule has 0 heterocycles. The first-order chi connectivity index (χ1) is 9.10. The van der Waals surface area contributed by atoms with Gasteiger partial charge in [-0.15, -0.1) is 0 Å². The Morgan fingerprint density at radius 1 is 1.26 bits per heavy atom. The number of rotatable bonds is 3. The summed E-state index contributed by atoms with van der Waals surface area (Å²) >= 11 is 3.16. The molecule has 0 amide bonds. The molecule has 2 rings (SSSR count). The summed E-state index contributed by atoms with van der Waals surface area (Å²) in [7, 11) is 0. The SMILES string of the molecule is CC(Nc1ccc(F)c(Br)c1)c1cccc(C#N)c1. The smallest absolute Gasteiger partial charge is 0.137 e. The van der Waals surface area contributed by atoms with Crippen LogP contribution in [-0.2, 0) is 0 Å². The average Bonchev–Trinajstić information content (AvgIpc) is 2.43. The zero-order valence-corrected chi connectivity index (χ0v) is 11.9. The Balaban J connectivity index is 2.18. The van der Waals surface area contributed by atoms with Crippen LogP contribution in [-0.4, -0.2) is 0 Å². The van der Waals surface area contributed by atoms with Crippen LogP contribution in [0.1, 0.15) is 24.1 Å². The predicted octanol–water partition coefficient (Wildman–Crippen LogP) is 4.63. The molecule has 1 N–H and O–H groups in total. The molecule has 4 heteroatoms. The molecule has 0 fully saturated rings. The maximum absolute atomic E-state index is 13.1. The highest BCUT2D eigenvalue weighted by Gasteiger charge is 2.07. The van der Waals surface area contributed by atoms with Crippen molar-refractivity contribution in [2.45, 2.75) is 13.0 Å². The van der Waals surface area contributed by atoms with Gasteiger partial charge in [-0.2, -0.15) is 5.26 Å². The van der Waals surface area contributed by atoms with E-state index < -0.39 is 0 Å². The van der Waals surface area contributed by atoms with Crippen molar-refractivity contribution in [3.8, 4) is 6.07 Å². The van der Waals surface area contributed by atoms with Crippen molar-refractivity contribution in [3.05, 3.63) is 63.9 Å². The lowest BCUT2D eigenvalue weighted by molar-refractivity contribution is 0.621. The monoisotopic (exact) mass is 318 g/mol. The van der Waals surface area contributed by atoms with E-state index in [1.165, 1.54) is 6.07 Å². The molecule has 2 aromatic carbocycles. The van der Waals surface area contributed by atoms with Crippen molar-refractivity contribution in [2.24, 2.45) is 0 Å². The van der Waals surface area contributed by atoms with Crippen molar-refractivity contribution in [3.63, 3.8) is 0 Å². The van der Waals surface area contributed by atoms with Crippen LogP contribution in [0.5, 0.6) is 0 Å². The number of nitriles is 1. The van der Waals surface area contributed by atoms with Gasteiger partial charge in [0.25, 0.3) is 0 Å². The van der Waals surface area contributed by atoms with Gasteiger partial charge in [-0.1, -0.05) is 12.1 Å². The third kappa shape index (κ3) is 3.33. The van der Waals surface area contributed by atoms with Gasteiger partial charge in [-0.05, 0) is 58.7 Å². The maximum atomic E-state index is 13.1. The lowest BCUT2D eigenvalue weighted by Gasteiger charge is -2.16. The van der Waals surface area contributed by atoms with E-state index in [4.69, 9.17) is 5.26 Å². The lowest BCUT2D eigenvalue weighted by Crippen LogP contribution is -2.06. The van der Waals surface area contributed by atoms with Crippen LogP contribution in [0.4, 0.5) is 10.1 Å². The second-order valence-electron chi connectivity index (χ2n) is 4.23. The summed E-state index contributed by atoms with van der Waals surface area (Å²) in [6.45, 7) is 1.99. The molecule has 1 atom stereocenters. The molecule has 1 unspecified atom stereocenters. The largest absolute Gasteiger partial charge is 0.378 e. The Bertz CT molecular complexity index is 634. The standard InChI is InChI=1S/C15H12BrFN2/c1-10(12-4-2-3-11(7-12)9-18)19-13-5-6-15(17)14(16)8-13/h2-8,10,19H,1H3. The maximum Gasteiger partial charge on any atom is 0.137 e. The molecule has 0 aliphatic heterocycles. The number of hydrogen-bond acceptors (Lipinski definition) is 2. The van der Waals surface area contributed by atoms with E-state index >= 15 is 0 Å². The minimum absolute atomic E-state index is 0.0330. The van der Waals surface area contributed by atoms with E-state index in [2.05, 4.69) is 27.3 Å². The van der Waals surface area contributed by atoms with Crippen molar-refractivity contribution in [1.29, 1.82) is 5.26 Å². The first-order valence-electron chi connectivity index (χ1n) is 5.82. The van der Waals surface area contributed by atoms with Crippen LogP contribution in [0.25, 0.3) is 0 Å². The van der Waals surface area contributed by atoms with Crippen LogP contribution in [0.15, 0.2) is 46.9 Å². The molecule has 0 aliphatic carbocycles. The minimum atomic E-state index is -0.287. The molecule has 2 aromatic rings. The van der Waals surface area contributed by atoms with Crippen LogP contribution in [0.3, 0.4) is 0 Å². The number of benzene rings is 2. The van der Waals surface area contributed by atoms with E-state index in [0.29, 0.717) is 10.0 Å². The molecule has 0 spiro atoms. The fourth-order valence-electron chi connectivity index (χ4n) is 1.80. The first-order valence-corrected chi connectivity index (χ1v) is 6.61. The van der Waals surface area contributed by atoms with Gasteiger partial charge in [0.1, 0.15) is 5.82 Å². The highest BCUT2D eigenvalue weighted by Crippen LogP contribution is 2.24. The van der Waals surface area contributed by atoms with E-state index in [-0.39, 0.29) is 11.9 Å². The molecule has 2 nitrogen and oxygen atoms in total. The van der Waals surface area contributed by atoms with E-state index in [0.717, 1.165) is 11.3 Å². The van der Waals surface area contributed by atoms with Gasteiger partial charge in [0.05, 0.1) is 16.1 Å². The van der Waals surface area contributed by atoms with E-state index in [1.54, 1.807) is 18.2 Å². The average molecular weight is 319 g/mol. The minimum Gasteiger partial charge on any atom is -0.378 e. The fourth-order valence-corrected chi connectivity index (χ4v) is 2.18. The lowest BCUT2D eigenvalue weighted by atomic mass is 10.1. The third-order valence-corrected chi connectivity index (χ3v) is 3.43. The quantitative estimate of drug-likeness (QED) is 0.895. The number of hydrogen-bond donors (Lipinski definition) is 1. The van der Waals surface area contributed by atoms with Crippen molar-refractivity contribution < 1.29 is 4.39 Å². The molecule has 0 radical (unpaired) electrons. The van der Waals surface area contributed by atoms with Gasteiger partial charge < -0.3 is 5.32 Å². The Kier molecular flexibility index (Phi) is 4.18. The Morgan fingerprint density at radius 3 is 2.74 bits per heavy atom. The summed E-state index contributed by atoms with van der Waals surface area (Å²) in [6.07, 6.45) is 0. The number of halogens is 2. The zero-order valence-electron chi connectivity index (χ0n) is 10.3. The Labute approximate surface area is 120 Å². The van der Waals surface area contributed by atoms with Crippen molar-refractivity contribution >= 4 is 21.6 Å². The normalized spacial score (nSPS) is 11.7. The third-order valence-electron chi connectivity index (χ3n) is 2.82. The molecule has 19 heavy (non-hydrogen) atoms. The van der Waals surface area contributed by atoms with Crippen LogP contribution in [0, 0.1) is 17.1 Å². The summed E-state index contributed by atoms with van der Waals surface area (Å²) in [5.74, 6) is -0.287. The highest BCUT2D eigenvalue weighted by atomic mass is 79.9. The van der Waals surface area contributed by atoms with Crippen molar-refractivity contribution in [2.75, 3.05) is 5.32 Å². The molecule has 0 bridgehead atoms. The van der Waals surface area contributed by atoms with Crippen LogP contribution >= 0.6 is 15.9 Å². The number of nitrogens with zero attached hydrogens (tertiary/aromatic N) is 1. The summed E-state index contributed by atoms with van der Waals surface area (Å²) in [5, 5.41) is 12.2. The molecule has 0 aromatic heterocycles. The van der Waals surface area contributed by atoms with Gasteiger partial charge in [0, 0.05) is 11.7 Å². The van der Waals surface area contributed by atoms with E-state index in [9.17, 15) is 4.39 Å². The molecule has 0 saturated heterocycles. The Hall–Kier alpha value is -1.86. The predicted molar refractivity (Wildman–Crippen MR) is 77.3 cm³/mol. The molecule has 0 aliphatic rings. The highest BCUT2D eigenvalue weighted by molar-refractivity contribution is 9.10. The molecule has 0 saturated carbocycles.